The molecule has 0 radical (unpaired) electrons. The van der Waals surface area contributed by atoms with Gasteiger partial charge in [-0.1, -0.05) is 18.9 Å². The van der Waals surface area contributed by atoms with Crippen LogP contribution in [-0.4, -0.2) is 39.8 Å². The van der Waals surface area contributed by atoms with Crippen LogP contribution < -0.4 is 10.6 Å². The summed E-state index contributed by atoms with van der Waals surface area (Å²) in [5.41, 5.74) is 5.97. The van der Waals surface area contributed by atoms with E-state index in [2.05, 4.69) is 29.4 Å². The van der Waals surface area contributed by atoms with Crippen LogP contribution in [0.25, 0.3) is 0 Å². The Kier molecular flexibility index (Phi) is 4.02. The number of hydrogen-bond donors (Lipinski definition) is 1. The van der Waals surface area contributed by atoms with E-state index < -0.39 is 0 Å². The van der Waals surface area contributed by atoms with Crippen molar-refractivity contribution in [2.24, 2.45) is 18.7 Å². The average molecular weight is 212 g/mol. The van der Waals surface area contributed by atoms with Crippen molar-refractivity contribution in [3.8, 4) is 0 Å². The lowest BCUT2D eigenvalue weighted by molar-refractivity contribution is 0.464. The number of rotatable bonds is 5. The largest absolute Gasteiger partial charge is 0.343 e. The van der Waals surface area contributed by atoms with Crippen LogP contribution in [0.4, 0.5) is 5.95 Å². The maximum absolute atomic E-state index is 5.97. The number of nitrogens with two attached hydrogens (primary N) is 1. The molecule has 86 valence electrons. The Morgan fingerprint density at radius 1 is 1.47 bits per heavy atom. The molecule has 0 aromatic carbocycles. The molecule has 1 unspecified atom stereocenters. The molecule has 0 saturated heterocycles. The van der Waals surface area contributed by atoms with E-state index in [9.17, 15) is 0 Å². The van der Waals surface area contributed by atoms with Gasteiger partial charge in [0.05, 0.1) is 0 Å². The SMILES string of the molecule is CC(C)C(N)CCN(C)c1nnnn1C. The molecule has 0 saturated carbocycles. The van der Waals surface area contributed by atoms with Crippen LogP contribution in [0.1, 0.15) is 20.3 Å². The fourth-order valence-corrected chi connectivity index (χ4v) is 1.32. The zero-order chi connectivity index (χ0) is 11.4. The lowest BCUT2D eigenvalue weighted by Gasteiger charge is -2.21. The normalized spacial score (nSPS) is 13.2. The molecule has 15 heavy (non-hydrogen) atoms. The Bertz CT molecular complexity index is 295. The first kappa shape index (κ1) is 11.9. The summed E-state index contributed by atoms with van der Waals surface area (Å²) in [4.78, 5) is 2.02. The van der Waals surface area contributed by atoms with Crippen molar-refractivity contribution in [1.82, 2.24) is 20.2 Å². The number of aromatic nitrogens is 4. The van der Waals surface area contributed by atoms with E-state index in [1.807, 2.05) is 19.0 Å². The molecule has 1 aromatic rings. The fourth-order valence-electron chi connectivity index (χ4n) is 1.32. The second-order valence-electron chi connectivity index (χ2n) is 4.22. The van der Waals surface area contributed by atoms with E-state index in [4.69, 9.17) is 5.73 Å². The van der Waals surface area contributed by atoms with Gasteiger partial charge in [0, 0.05) is 26.7 Å². The molecule has 1 aromatic heterocycles. The van der Waals surface area contributed by atoms with Crippen molar-refractivity contribution in [2.75, 3.05) is 18.5 Å². The Morgan fingerprint density at radius 3 is 2.60 bits per heavy atom. The highest BCUT2D eigenvalue weighted by atomic mass is 15.6. The highest BCUT2D eigenvalue weighted by molar-refractivity contribution is 5.25. The van der Waals surface area contributed by atoms with Gasteiger partial charge >= 0.3 is 0 Å². The van der Waals surface area contributed by atoms with Gasteiger partial charge in [-0.15, -0.1) is 0 Å². The standard InChI is InChI=1S/C9H20N6/c1-7(2)8(10)5-6-14(3)9-11-12-13-15(9)4/h7-8H,5-6,10H2,1-4H3. The number of tetrazole rings is 1. The molecule has 6 nitrogen and oxygen atoms in total. The maximum Gasteiger partial charge on any atom is 0.244 e. The molecule has 0 spiro atoms. The highest BCUT2D eigenvalue weighted by Gasteiger charge is 2.12. The van der Waals surface area contributed by atoms with Crippen LogP contribution in [0.3, 0.4) is 0 Å². The van der Waals surface area contributed by atoms with Gasteiger partial charge in [0.2, 0.25) is 5.95 Å². The first-order valence-corrected chi connectivity index (χ1v) is 5.21. The average Bonchev–Trinajstić information content (AvgIpc) is 2.60. The van der Waals surface area contributed by atoms with E-state index in [1.165, 1.54) is 0 Å². The molecule has 2 N–H and O–H groups in total. The number of aryl methyl sites for hydroxylation is 1. The van der Waals surface area contributed by atoms with Crippen molar-refractivity contribution in [3.63, 3.8) is 0 Å². The predicted octanol–water partition coefficient (Wildman–Crippen LogP) is 0.0197. The summed E-state index contributed by atoms with van der Waals surface area (Å²) in [5.74, 6) is 1.28. The van der Waals surface area contributed by atoms with Gasteiger partial charge in [0.25, 0.3) is 0 Å². The van der Waals surface area contributed by atoms with E-state index >= 15 is 0 Å². The van der Waals surface area contributed by atoms with Gasteiger partial charge in [-0.3, -0.25) is 0 Å². The van der Waals surface area contributed by atoms with E-state index in [1.54, 1.807) is 4.68 Å². The molecule has 0 aliphatic heterocycles. The summed E-state index contributed by atoms with van der Waals surface area (Å²) >= 11 is 0. The van der Waals surface area contributed by atoms with Crippen LogP contribution in [0.2, 0.25) is 0 Å². The maximum atomic E-state index is 5.97. The third kappa shape index (κ3) is 3.16. The molecule has 1 atom stereocenters. The molecule has 6 heteroatoms. The number of hydrogen-bond acceptors (Lipinski definition) is 5. The van der Waals surface area contributed by atoms with Crippen LogP contribution >= 0.6 is 0 Å². The Labute approximate surface area is 90.4 Å². The molecular weight excluding hydrogens is 192 g/mol. The van der Waals surface area contributed by atoms with Crippen molar-refractivity contribution < 1.29 is 0 Å². The van der Waals surface area contributed by atoms with E-state index in [0.717, 1.165) is 18.9 Å². The minimum Gasteiger partial charge on any atom is -0.343 e. The minimum atomic E-state index is 0.230. The smallest absolute Gasteiger partial charge is 0.244 e. The van der Waals surface area contributed by atoms with Crippen molar-refractivity contribution in [2.45, 2.75) is 26.3 Å². The molecule has 0 fully saturated rings. The lowest BCUT2D eigenvalue weighted by Crippen LogP contribution is -2.32. The summed E-state index contributed by atoms with van der Waals surface area (Å²) in [7, 11) is 3.80. The minimum absolute atomic E-state index is 0.230. The zero-order valence-electron chi connectivity index (χ0n) is 9.88. The van der Waals surface area contributed by atoms with Gasteiger partial charge in [0.1, 0.15) is 0 Å². The summed E-state index contributed by atoms with van der Waals surface area (Å²) < 4.78 is 1.65. The van der Waals surface area contributed by atoms with E-state index in [-0.39, 0.29) is 6.04 Å². The van der Waals surface area contributed by atoms with Crippen LogP contribution in [-0.2, 0) is 7.05 Å². The van der Waals surface area contributed by atoms with Crippen LogP contribution in [0.15, 0.2) is 0 Å². The summed E-state index contributed by atoms with van der Waals surface area (Å²) in [5, 5.41) is 11.3. The fraction of sp³-hybridized carbons (Fsp3) is 0.889. The van der Waals surface area contributed by atoms with Gasteiger partial charge in [-0.2, -0.15) is 0 Å². The molecule has 1 heterocycles. The second kappa shape index (κ2) is 5.06. The van der Waals surface area contributed by atoms with Crippen molar-refractivity contribution in [3.05, 3.63) is 0 Å². The molecule has 0 bridgehead atoms. The van der Waals surface area contributed by atoms with Gasteiger partial charge < -0.3 is 10.6 Å². The van der Waals surface area contributed by atoms with Crippen molar-refractivity contribution >= 4 is 5.95 Å². The summed E-state index contributed by atoms with van der Waals surface area (Å²) in [6, 6.07) is 0.230. The quantitative estimate of drug-likeness (QED) is 0.745. The molecule has 1 rings (SSSR count). The summed E-state index contributed by atoms with van der Waals surface area (Å²) in [6.07, 6.45) is 0.945. The Hall–Kier alpha value is -1.17. The third-order valence-electron chi connectivity index (χ3n) is 2.59. The van der Waals surface area contributed by atoms with Gasteiger partial charge in [-0.05, 0) is 22.8 Å². The third-order valence-corrected chi connectivity index (χ3v) is 2.59. The molecular formula is C9H20N6. The highest BCUT2D eigenvalue weighted by Crippen LogP contribution is 2.08. The lowest BCUT2D eigenvalue weighted by atomic mass is 10.0. The van der Waals surface area contributed by atoms with E-state index in [0.29, 0.717) is 5.92 Å². The number of nitrogens with zero attached hydrogens (tertiary/aromatic N) is 5. The number of anilines is 1. The Balaban J connectivity index is 2.43. The van der Waals surface area contributed by atoms with Crippen molar-refractivity contribution in [1.29, 1.82) is 0 Å². The van der Waals surface area contributed by atoms with Gasteiger partial charge in [-0.25, -0.2) is 4.68 Å². The Morgan fingerprint density at radius 2 is 2.13 bits per heavy atom. The monoisotopic (exact) mass is 212 g/mol. The first-order chi connectivity index (χ1) is 7.02. The second-order valence-corrected chi connectivity index (χ2v) is 4.22. The molecule has 0 aliphatic carbocycles. The van der Waals surface area contributed by atoms with Crippen LogP contribution in [0, 0.1) is 5.92 Å². The summed E-state index contributed by atoms with van der Waals surface area (Å²) in [6.45, 7) is 5.14. The van der Waals surface area contributed by atoms with Crippen LogP contribution in [0.5, 0.6) is 0 Å². The predicted molar refractivity (Wildman–Crippen MR) is 59.5 cm³/mol. The topological polar surface area (TPSA) is 72.9 Å². The molecule has 0 amide bonds. The van der Waals surface area contributed by atoms with Gasteiger partial charge in [0.15, 0.2) is 0 Å². The first-order valence-electron chi connectivity index (χ1n) is 5.21. The zero-order valence-corrected chi connectivity index (χ0v) is 9.88. The molecule has 0 aliphatic rings.